The van der Waals surface area contributed by atoms with Crippen molar-refractivity contribution in [3.05, 3.63) is 22.4 Å². The Morgan fingerprint density at radius 2 is 2.00 bits per heavy atom. The van der Waals surface area contributed by atoms with Gasteiger partial charge in [0.15, 0.2) is 5.96 Å². The lowest BCUT2D eigenvalue weighted by Gasteiger charge is -2.20. The van der Waals surface area contributed by atoms with Crippen LogP contribution in [0.1, 0.15) is 57.8 Å². The van der Waals surface area contributed by atoms with Crippen molar-refractivity contribution in [3.63, 3.8) is 0 Å². The van der Waals surface area contributed by atoms with Crippen LogP contribution in [0.2, 0.25) is 0 Å². The van der Waals surface area contributed by atoms with Crippen LogP contribution < -0.4 is 10.6 Å². The third kappa shape index (κ3) is 11.5. The summed E-state index contributed by atoms with van der Waals surface area (Å²) in [7, 11) is 0. The summed E-state index contributed by atoms with van der Waals surface area (Å²) in [6.45, 7) is 7.97. The number of carbonyl (C=O) groups excluding carboxylic acids is 1. The summed E-state index contributed by atoms with van der Waals surface area (Å²) in [5.41, 5.74) is -0.955. The summed E-state index contributed by atoms with van der Waals surface area (Å²) in [6, 6.07) is 3.86. The topological polar surface area (TPSA) is 83.0 Å². The number of rotatable bonds is 12. The van der Waals surface area contributed by atoms with Crippen molar-refractivity contribution in [3.8, 4) is 0 Å². The Morgan fingerprint density at radius 3 is 2.63 bits per heavy atom. The fourth-order valence-electron chi connectivity index (χ4n) is 2.43. The summed E-state index contributed by atoms with van der Waals surface area (Å²) in [6.07, 6.45) is 4.45. The van der Waals surface area contributed by atoms with E-state index in [1.54, 1.807) is 6.92 Å². The van der Waals surface area contributed by atoms with E-state index >= 15 is 0 Å². The van der Waals surface area contributed by atoms with Gasteiger partial charge in [-0.05, 0) is 45.1 Å². The van der Waals surface area contributed by atoms with Gasteiger partial charge in [-0.1, -0.05) is 18.9 Å². The predicted octanol–water partition coefficient (Wildman–Crippen LogP) is 3.64. The van der Waals surface area contributed by atoms with Crippen LogP contribution in [0.5, 0.6) is 0 Å². The molecule has 1 aromatic rings. The number of guanidine groups is 1. The molecule has 1 atom stereocenters. The first-order valence-corrected chi connectivity index (χ1v) is 10.3. The number of esters is 1. The highest BCUT2D eigenvalue weighted by Gasteiger charge is 2.23. The van der Waals surface area contributed by atoms with Crippen LogP contribution in [-0.4, -0.2) is 43.3 Å². The van der Waals surface area contributed by atoms with Crippen molar-refractivity contribution in [2.75, 3.05) is 26.2 Å². The molecule has 0 bridgehead atoms. The van der Waals surface area contributed by atoms with E-state index in [2.05, 4.69) is 15.6 Å². The molecule has 0 aromatic carbocycles. The fraction of sp³-hybridized carbons (Fsp3) is 0.684. The highest BCUT2D eigenvalue weighted by Crippen LogP contribution is 2.25. The molecular weight excluding hydrogens is 477 g/mol. The SMILES string of the molecule is CCNC(=NCC(C)(O)c1cccs1)NCCCCCCC(=O)OCC.I. The lowest BCUT2D eigenvalue weighted by Crippen LogP contribution is -2.39. The number of carbonyl (C=O) groups is 1. The van der Waals surface area contributed by atoms with E-state index < -0.39 is 5.60 Å². The first-order chi connectivity index (χ1) is 12.5. The molecule has 3 N–H and O–H groups in total. The molecule has 8 heteroatoms. The van der Waals surface area contributed by atoms with Crippen LogP contribution >= 0.6 is 35.3 Å². The van der Waals surface area contributed by atoms with E-state index in [0.29, 0.717) is 19.6 Å². The molecule has 0 radical (unpaired) electrons. The Bertz CT molecular complexity index is 536. The molecule has 0 amide bonds. The second-order valence-electron chi connectivity index (χ2n) is 6.34. The standard InChI is InChI=1S/C19H33N3O3S.HI/c1-4-20-18(22-15-19(3,24)16-11-10-14-26-16)21-13-9-7-6-8-12-17(23)25-5-2;/h10-11,14,24H,4-9,12-13,15H2,1-3H3,(H2,20,21,22);1H. The Morgan fingerprint density at radius 1 is 1.26 bits per heavy atom. The number of ether oxygens (including phenoxy) is 1. The van der Waals surface area contributed by atoms with Crippen LogP contribution in [0.4, 0.5) is 0 Å². The molecule has 0 aliphatic heterocycles. The Kier molecular flexibility index (Phi) is 14.6. The second kappa shape index (κ2) is 15.1. The van der Waals surface area contributed by atoms with Gasteiger partial charge in [-0.25, -0.2) is 4.99 Å². The molecule has 0 spiro atoms. The van der Waals surface area contributed by atoms with Crippen molar-refractivity contribution in [1.29, 1.82) is 0 Å². The van der Waals surface area contributed by atoms with Crippen LogP contribution in [0.15, 0.2) is 22.5 Å². The molecule has 0 saturated heterocycles. The van der Waals surface area contributed by atoms with Gasteiger partial charge in [0.2, 0.25) is 0 Å². The van der Waals surface area contributed by atoms with Crippen LogP contribution in [0.3, 0.4) is 0 Å². The minimum Gasteiger partial charge on any atom is -0.466 e. The fourth-order valence-corrected chi connectivity index (χ4v) is 3.20. The second-order valence-corrected chi connectivity index (χ2v) is 7.29. The lowest BCUT2D eigenvalue weighted by atomic mass is 10.1. The normalized spacial score (nSPS) is 13.4. The number of unbranched alkanes of at least 4 members (excludes halogenated alkanes) is 3. The average molecular weight is 511 g/mol. The van der Waals surface area contributed by atoms with E-state index in [0.717, 1.165) is 49.6 Å². The Labute approximate surface area is 184 Å². The minimum absolute atomic E-state index is 0. The first kappa shape index (κ1) is 26.1. The van der Waals surface area contributed by atoms with E-state index in [9.17, 15) is 9.90 Å². The number of nitrogens with zero attached hydrogens (tertiary/aromatic N) is 1. The average Bonchev–Trinajstić information content (AvgIpc) is 3.14. The van der Waals surface area contributed by atoms with Gasteiger partial charge in [0.05, 0.1) is 13.2 Å². The zero-order chi connectivity index (χ0) is 19.3. The maximum absolute atomic E-state index is 11.3. The molecule has 1 aromatic heterocycles. The maximum Gasteiger partial charge on any atom is 0.305 e. The molecule has 6 nitrogen and oxygen atoms in total. The number of halogens is 1. The molecule has 27 heavy (non-hydrogen) atoms. The highest BCUT2D eigenvalue weighted by atomic mass is 127. The van der Waals surface area contributed by atoms with Crippen molar-refractivity contribution in [2.45, 2.75) is 58.5 Å². The lowest BCUT2D eigenvalue weighted by molar-refractivity contribution is -0.143. The van der Waals surface area contributed by atoms with Gasteiger partial charge in [0.1, 0.15) is 5.60 Å². The zero-order valence-electron chi connectivity index (χ0n) is 16.6. The summed E-state index contributed by atoms with van der Waals surface area (Å²) in [4.78, 5) is 16.7. The number of aliphatic imine (C=N–C) groups is 1. The van der Waals surface area contributed by atoms with Crippen LogP contribution in [0, 0.1) is 0 Å². The van der Waals surface area contributed by atoms with Crippen molar-refractivity contribution in [1.82, 2.24) is 10.6 Å². The van der Waals surface area contributed by atoms with E-state index in [4.69, 9.17) is 4.74 Å². The molecule has 1 unspecified atom stereocenters. The Hall–Kier alpha value is -0.870. The van der Waals surface area contributed by atoms with E-state index in [1.807, 2.05) is 31.4 Å². The van der Waals surface area contributed by atoms with Crippen molar-refractivity contribution in [2.24, 2.45) is 4.99 Å². The molecule has 1 heterocycles. The third-order valence-electron chi connectivity index (χ3n) is 3.85. The van der Waals surface area contributed by atoms with E-state index in [-0.39, 0.29) is 29.9 Å². The molecule has 1 rings (SSSR count). The minimum atomic E-state index is -0.955. The highest BCUT2D eigenvalue weighted by molar-refractivity contribution is 14.0. The predicted molar refractivity (Wildman–Crippen MR) is 123 cm³/mol. The molecule has 0 fully saturated rings. The summed E-state index contributed by atoms with van der Waals surface area (Å²) in [5, 5.41) is 19.0. The monoisotopic (exact) mass is 511 g/mol. The van der Waals surface area contributed by atoms with E-state index in [1.165, 1.54) is 11.3 Å². The largest absolute Gasteiger partial charge is 0.466 e. The van der Waals surface area contributed by atoms with Gasteiger partial charge < -0.3 is 20.5 Å². The molecule has 0 aliphatic rings. The zero-order valence-corrected chi connectivity index (χ0v) is 19.8. The van der Waals surface area contributed by atoms with Crippen LogP contribution in [-0.2, 0) is 15.1 Å². The van der Waals surface area contributed by atoms with Gasteiger partial charge in [-0.3, -0.25) is 4.79 Å². The van der Waals surface area contributed by atoms with Gasteiger partial charge in [0, 0.05) is 24.4 Å². The quantitative estimate of drug-likeness (QED) is 0.131. The van der Waals surface area contributed by atoms with Crippen molar-refractivity contribution >= 4 is 47.2 Å². The van der Waals surface area contributed by atoms with Gasteiger partial charge in [0.25, 0.3) is 0 Å². The molecule has 156 valence electrons. The Balaban J connectivity index is 0.00000676. The number of aliphatic hydroxyl groups is 1. The molecule has 0 saturated carbocycles. The first-order valence-electron chi connectivity index (χ1n) is 9.43. The summed E-state index contributed by atoms with van der Waals surface area (Å²) < 4.78 is 4.91. The third-order valence-corrected chi connectivity index (χ3v) is 4.97. The molecule has 0 aliphatic carbocycles. The maximum atomic E-state index is 11.3. The smallest absolute Gasteiger partial charge is 0.305 e. The van der Waals surface area contributed by atoms with Crippen LogP contribution in [0.25, 0.3) is 0 Å². The van der Waals surface area contributed by atoms with Gasteiger partial charge >= 0.3 is 5.97 Å². The van der Waals surface area contributed by atoms with Crippen molar-refractivity contribution < 1.29 is 14.6 Å². The summed E-state index contributed by atoms with van der Waals surface area (Å²) in [5.74, 6) is 0.612. The number of hydrogen-bond donors (Lipinski definition) is 3. The summed E-state index contributed by atoms with van der Waals surface area (Å²) >= 11 is 1.54. The molecular formula is C19H34IN3O3S. The number of hydrogen-bond acceptors (Lipinski definition) is 5. The number of thiophene rings is 1. The van der Waals surface area contributed by atoms with Gasteiger partial charge in [-0.2, -0.15) is 0 Å². The van der Waals surface area contributed by atoms with Gasteiger partial charge in [-0.15, -0.1) is 35.3 Å². The number of nitrogens with one attached hydrogen (secondary N) is 2.